The molecule has 0 saturated heterocycles. The van der Waals surface area contributed by atoms with E-state index in [4.69, 9.17) is 0 Å². The molecule has 0 radical (unpaired) electrons. The number of rotatable bonds is 6. The number of amides is 1. The molecule has 0 aliphatic heterocycles. The third kappa shape index (κ3) is 4.97. The second-order valence-corrected chi connectivity index (χ2v) is 4.29. The molecular formula is C13H21N3O. The highest BCUT2D eigenvalue weighted by Crippen LogP contribution is 2.14. The van der Waals surface area contributed by atoms with Gasteiger partial charge >= 0.3 is 0 Å². The molecule has 1 rings (SSSR count). The summed E-state index contributed by atoms with van der Waals surface area (Å²) in [4.78, 5) is 13.7. The number of para-hydroxylation sites is 1. The first kappa shape index (κ1) is 13.7. The Labute approximate surface area is 103 Å². The molecule has 0 atom stereocenters. The summed E-state index contributed by atoms with van der Waals surface area (Å²) in [5, 5.41) is 6.03. The smallest absolute Gasteiger partial charge is 0.225 e. The molecule has 2 N–H and O–H groups in total. The average Bonchev–Trinajstić information content (AvgIpc) is 2.29. The molecule has 94 valence electrons. The number of benzene rings is 1. The van der Waals surface area contributed by atoms with Crippen LogP contribution in [0.25, 0.3) is 0 Å². The van der Waals surface area contributed by atoms with Crippen molar-refractivity contribution in [3.8, 4) is 0 Å². The summed E-state index contributed by atoms with van der Waals surface area (Å²) in [6.07, 6.45) is 0.515. The Morgan fingerprint density at radius 1 is 1.29 bits per heavy atom. The minimum atomic E-state index is 0.0576. The maximum absolute atomic E-state index is 11.7. The summed E-state index contributed by atoms with van der Waals surface area (Å²) in [5.41, 5.74) is 2.00. The van der Waals surface area contributed by atoms with Crippen LogP contribution in [0.2, 0.25) is 0 Å². The van der Waals surface area contributed by atoms with Gasteiger partial charge in [0.2, 0.25) is 5.91 Å². The van der Waals surface area contributed by atoms with Crippen LogP contribution in [0.15, 0.2) is 24.3 Å². The summed E-state index contributed by atoms with van der Waals surface area (Å²) < 4.78 is 0. The van der Waals surface area contributed by atoms with Gasteiger partial charge in [0, 0.05) is 25.2 Å². The second kappa shape index (κ2) is 7.04. The summed E-state index contributed by atoms with van der Waals surface area (Å²) in [7, 11) is 5.81. The average molecular weight is 235 g/mol. The maximum atomic E-state index is 11.7. The highest BCUT2D eigenvalue weighted by atomic mass is 16.1. The van der Waals surface area contributed by atoms with Crippen LogP contribution in [0, 0.1) is 0 Å². The van der Waals surface area contributed by atoms with E-state index in [0.717, 1.165) is 24.3 Å². The molecular weight excluding hydrogens is 214 g/mol. The van der Waals surface area contributed by atoms with Crippen molar-refractivity contribution in [1.82, 2.24) is 10.2 Å². The Morgan fingerprint density at radius 3 is 2.65 bits per heavy atom. The van der Waals surface area contributed by atoms with E-state index in [1.807, 2.05) is 50.3 Å². The minimum Gasteiger partial charge on any atom is -0.326 e. The van der Waals surface area contributed by atoms with E-state index in [1.54, 1.807) is 0 Å². The number of nitrogens with one attached hydrogen (secondary N) is 2. The lowest BCUT2D eigenvalue weighted by Crippen LogP contribution is -2.21. The van der Waals surface area contributed by atoms with Crippen LogP contribution in [-0.4, -0.2) is 38.5 Å². The molecule has 4 heteroatoms. The van der Waals surface area contributed by atoms with Gasteiger partial charge in [0.1, 0.15) is 0 Å². The van der Waals surface area contributed by atoms with Gasteiger partial charge in [-0.05, 0) is 32.8 Å². The first-order chi connectivity index (χ1) is 8.13. The van der Waals surface area contributed by atoms with Crippen LogP contribution in [0.5, 0.6) is 0 Å². The van der Waals surface area contributed by atoms with Gasteiger partial charge < -0.3 is 15.5 Å². The Kier molecular flexibility index (Phi) is 5.66. The topological polar surface area (TPSA) is 44.4 Å². The van der Waals surface area contributed by atoms with Crippen LogP contribution in [0.4, 0.5) is 5.69 Å². The van der Waals surface area contributed by atoms with E-state index >= 15 is 0 Å². The van der Waals surface area contributed by atoms with E-state index in [0.29, 0.717) is 6.42 Å². The van der Waals surface area contributed by atoms with Crippen molar-refractivity contribution in [3.05, 3.63) is 29.8 Å². The van der Waals surface area contributed by atoms with Crippen molar-refractivity contribution in [2.45, 2.75) is 13.0 Å². The molecule has 0 aromatic heterocycles. The molecule has 0 unspecified atom stereocenters. The van der Waals surface area contributed by atoms with Crippen LogP contribution in [-0.2, 0) is 11.3 Å². The first-order valence-corrected chi connectivity index (χ1v) is 5.80. The molecule has 1 aromatic carbocycles. The number of anilines is 1. The standard InChI is InChI=1S/C13H21N3O/c1-14-10-11-6-4-5-7-12(11)15-13(17)8-9-16(2)3/h4-7,14H,8-10H2,1-3H3,(H,15,17). The number of hydrogen-bond acceptors (Lipinski definition) is 3. The summed E-state index contributed by atoms with van der Waals surface area (Å²) in [5.74, 6) is 0.0576. The van der Waals surface area contributed by atoms with Crippen molar-refractivity contribution in [2.75, 3.05) is 33.0 Å². The largest absolute Gasteiger partial charge is 0.326 e. The van der Waals surface area contributed by atoms with Gasteiger partial charge in [0.15, 0.2) is 0 Å². The lowest BCUT2D eigenvalue weighted by atomic mass is 10.1. The third-order valence-corrected chi connectivity index (χ3v) is 2.44. The molecule has 0 fully saturated rings. The Hall–Kier alpha value is -1.39. The van der Waals surface area contributed by atoms with Gasteiger partial charge in [0.25, 0.3) is 0 Å². The van der Waals surface area contributed by atoms with Gasteiger partial charge in [-0.15, -0.1) is 0 Å². The van der Waals surface area contributed by atoms with Gasteiger partial charge in [0.05, 0.1) is 0 Å². The molecule has 0 bridgehead atoms. The van der Waals surface area contributed by atoms with Crippen LogP contribution >= 0.6 is 0 Å². The summed E-state index contributed by atoms with van der Waals surface area (Å²) in [6, 6.07) is 7.85. The fraction of sp³-hybridized carbons (Fsp3) is 0.462. The van der Waals surface area contributed by atoms with Crippen molar-refractivity contribution >= 4 is 11.6 Å². The number of carbonyl (C=O) groups excluding carboxylic acids is 1. The third-order valence-electron chi connectivity index (χ3n) is 2.44. The Balaban J connectivity index is 2.58. The summed E-state index contributed by atoms with van der Waals surface area (Å²) in [6.45, 7) is 1.52. The van der Waals surface area contributed by atoms with E-state index < -0.39 is 0 Å². The van der Waals surface area contributed by atoms with Crippen molar-refractivity contribution in [3.63, 3.8) is 0 Å². The van der Waals surface area contributed by atoms with Gasteiger partial charge in [-0.2, -0.15) is 0 Å². The SMILES string of the molecule is CNCc1ccccc1NC(=O)CCN(C)C. The van der Waals surface area contributed by atoms with Crippen LogP contribution < -0.4 is 10.6 Å². The van der Waals surface area contributed by atoms with E-state index in [1.165, 1.54) is 0 Å². The zero-order chi connectivity index (χ0) is 12.7. The second-order valence-electron chi connectivity index (χ2n) is 4.29. The lowest BCUT2D eigenvalue weighted by molar-refractivity contribution is -0.116. The predicted molar refractivity (Wildman–Crippen MR) is 71.0 cm³/mol. The Bertz CT molecular complexity index is 363. The maximum Gasteiger partial charge on any atom is 0.225 e. The van der Waals surface area contributed by atoms with E-state index in [-0.39, 0.29) is 5.91 Å². The number of nitrogens with zero attached hydrogens (tertiary/aromatic N) is 1. The predicted octanol–water partition coefficient (Wildman–Crippen LogP) is 1.30. The zero-order valence-corrected chi connectivity index (χ0v) is 10.8. The summed E-state index contributed by atoms with van der Waals surface area (Å²) >= 11 is 0. The Morgan fingerprint density at radius 2 is 2.00 bits per heavy atom. The molecule has 4 nitrogen and oxygen atoms in total. The monoisotopic (exact) mass is 235 g/mol. The van der Waals surface area contributed by atoms with Gasteiger partial charge in [-0.1, -0.05) is 18.2 Å². The highest BCUT2D eigenvalue weighted by molar-refractivity contribution is 5.91. The molecule has 0 aliphatic carbocycles. The molecule has 0 aliphatic rings. The lowest BCUT2D eigenvalue weighted by Gasteiger charge is -2.12. The molecule has 1 aromatic rings. The van der Waals surface area contributed by atoms with Crippen LogP contribution in [0.3, 0.4) is 0 Å². The minimum absolute atomic E-state index is 0.0576. The van der Waals surface area contributed by atoms with Crippen molar-refractivity contribution in [2.24, 2.45) is 0 Å². The van der Waals surface area contributed by atoms with Gasteiger partial charge in [-0.3, -0.25) is 4.79 Å². The zero-order valence-electron chi connectivity index (χ0n) is 10.8. The van der Waals surface area contributed by atoms with Crippen LogP contribution in [0.1, 0.15) is 12.0 Å². The molecule has 0 heterocycles. The van der Waals surface area contributed by atoms with Gasteiger partial charge in [-0.25, -0.2) is 0 Å². The van der Waals surface area contributed by atoms with Crippen molar-refractivity contribution in [1.29, 1.82) is 0 Å². The molecule has 0 spiro atoms. The molecule has 0 saturated carbocycles. The normalized spacial score (nSPS) is 10.6. The van der Waals surface area contributed by atoms with E-state index in [9.17, 15) is 4.79 Å². The highest BCUT2D eigenvalue weighted by Gasteiger charge is 2.06. The van der Waals surface area contributed by atoms with Crippen molar-refractivity contribution < 1.29 is 4.79 Å². The fourth-order valence-electron chi connectivity index (χ4n) is 1.52. The van der Waals surface area contributed by atoms with E-state index in [2.05, 4.69) is 10.6 Å². The number of hydrogen-bond donors (Lipinski definition) is 2. The number of carbonyl (C=O) groups is 1. The fourth-order valence-corrected chi connectivity index (χ4v) is 1.52. The first-order valence-electron chi connectivity index (χ1n) is 5.80. The molecule has 1 amide bonds. The molecule has 17 heavy (non-hydrogen) atoms. The quantitative estimate of drug-likeness (QED) is 0.781.